The van der Waals surface area contributed by atoms with Crippen LogP contribution in [0.15, 0.2) is 22.7 Å². The van der Waals surface area contributed by atoms with E-state index in [0.717, 1.165) is 34.7 Å². The van der Waals surface area contributed by atoms with E-state index < -0.39 is 0 Å². The Morgan fingerprint density at radius 1 is 1.41 bits per heavy atom. The number of hydrogen-bond donors (Lipinski definition) is 1. The summed E-state index contributed by atoms with van der Waals surface area (Å²) in [7, 11) is 2.11. The molecular weight excluding hydrogens is 300 g/mol. The van der Waals surface area contributed by atoms with Crippen molar-refractivity contribution in [2.45, 2.75) is 26.4 Å². The highest BCUT2D eigenvalue weighted by atomic mass is 79.9. The molecule has 0 aliphatic heterocycles. The molecule has 0 unspecified atom stereocenters. The van der Waals surface area contributed by atoms with Crippen molar-refractivity contribution >= 4 is 27.5 Å². The monoisotopic (exact) mass is 318 g/mol. The zero-order valence-electron chi connectivity index (χ0n) is 10.6. The third-order valence-electron chi connectivity index (χ3n) is 2.52. The van der Waals surface area contributed by atoms with Gasteiger partial charge in [0, 0.05) is 30.1 Å². The van der Waals surface area contributed by atoms with Gasteiger partial charge in [-0.1, -0.05) is 37.6 Å². The van der Waals surface area contributed by atoms with E-state index >= 15 is 0 Å². The first kappa shape index (κ1) is 15.0. The summed E-state index contributed by atoms with van der Waals surface area (Å²) < 4.78 is 0.963. The lowest BCUT2D eigenvalue weighted by Gasteiger charge is -2.19. The Balaban J connectivity index is 2.45. The number of rotatable bonds is 6. The SMILES string of the molecule is CC(C)NCCN(C)Cc1cccc(Br)c1Cl. The maximum atomic E-state index is 6.23. The fourth-order valence-electron chi connectivity index (χ4n) is 1.58. The predicted octanol–water partition coefficient (Wildman–Crippen LogP) is 3.53. The fourth-order valence-corrected chi connectivity index (χ4v) is 2.18. The molecular formula is C13H20BrClN2. The van der Waals surface area contributed by atoms with Gasteiger partial charge in [0.05, 0.1) is 5.02 Å². The number of hydrogen-bond acceptors (Lipinski definition) is 2. The van der Waals surface area contributed by atoms with Gasteiger partial charge in [-0.2, -0.15) is 0 Å². The van der Waals surface area contributed by atoms with Crippen molar-refractivity contribution < 1.29 is 0 Å². The molecule has 0 fully saturated rings. The Labute approximate surface area is 117 Å². The van der Waals surface area contributed by atoms with Crippen molar-refractivity contribution in [2.75, 3.05) is 20.1 Å². The van der Waals surface area contributed by atoms with E-state index in [1.165, 1.54) is 0 Å². The van der Waals surface area contributed by atoms with Gasteiger partial charge in [0.15, 0.2) is 0 Å². The van der Waals surface area contributed by atoms with Crippen molar-refractivity contribution in [3.63, 3.8) is 0 Å². The van der Waals surface area contributed by atoms with Gasteiger partial charge in [-0.05, 0) is 34.6 Å². The zero-order chi connectivity index (χ0) is 12.8. The third kappa shape index (κ3) is 5.38. The lowest BCUT2D eigenvalue weighted by molar-refractivity contribution is 0.320. The highest BCUT2D eigenvalue weighted by Gasteiger charge is 2.06. The molecule has 17 heavy (non-hydrogen) atoms. The van der Waals surface area contributed by atoms with Crippen LogP contribution in [0.4, 0.5) is 0 Å². The second kappa shape index (κ2) is 7.37. The van der Waals surface area contributed by atoms with Crippen LogP contribution in [0.5, 0.6) is 0 Å². The van der Waals surface area contributed by atoms with Crippen LogP contribution in [0.3, 0.4) is 0 Å². The molecule has 1 aromatic rings. The number of halogens is 2. The quantitative estimate of drug-likeness (QED) is 0.863. The van der Waals surface area contributed by atoms with Gasteiger partial charge in [0.1, 0.15) is 0 Å². The summed E-state index contributed by atoms with van der Waals surface area (Å²) in [6.07, 6.45) is 0. The maximum absolute atomic E-state index is 6.23. The molecule has 0 saturated carbocycles. The van der Waals surface area contributed by atoms with Gasteiger partial charge < -0.3 is 10.2 Å². The second-order valence-electron chi connectivity index (χ2n) is 4.56. The molecule has 1 aromatic carbocycles. The van der Waals surface area contributed by atoms with E-state index in [4.69, 9.17) is 11.6 Å². The molecule has 0 aliphatic rings. The first-order chi connectivity index (χ1) is 8.00. The third-order valence-corrected chi connectivity index (χ3v) is 3.85. The van der Waals surface area contributed by atoms with Crippen LogP contribution in [0.25, 0.3) is 0 Å². The summed E-state index contributed by atoms with van der Waals surface area (Å²) in [5, 5.41) is 4.22. The van der Waals surface area contributed by atoms with E-state index in [1.54, 1.807) is 0 Å². The largest absolute Gasteiger partial charge is 0.313 e. The van der Waals surface area contributed by atoms with E-state index in [0.29, 0.717) is 6.04 Å². The van der Waals surface area contributed by atoms with Crippen molar-refractivity contribution in [3.05, 3.63) is 33.3 Å². The summed E-state index contributed by atoms with van der Waals surface area (Å²) in [4.78, 5) is 2.27. The standard InChI is InChI=1S/C13H20BrClN2/c1-10(2)16-7-8-17(3)9-11-5-4-6-12(14)13(11)15/h4-6,10,16H,7-9H2,1-3H3. The average Bonchev–Trinajstić information content (AvgIpc) is 2.24. The van der Waals surface area contributed by atoms with Crippen LogP contribution in [0.1, 0.15) is 19.4 Å². The van der Waals surface area contributed by atoms with Gasteiger partial charge in [-0.25, -0.2) is 0 Å². The molecule has 0 heterocycles. The van der Waals surface area contributed by atoms with Crippen LogP contribution in [-0.2, 0) is 6.54 Å². The van der Waals surface area contributed by atoms with Gasteiger partial charge >= 0.3 is 0 Å². The first-order valence-electron chi connectivity index (χ1n) is 5.85. The smallest absolute Gasteiger partial charge is 0.0593 e. The summed E-state index contributed by atoms with van der Waals surface area (Å²) in [5.41, 5.74) is 1.16. The van der Waals surface area contributed by atoms with E-state index in [9.17, 15) is 0 Å². The Morgan fingerprint density at radius 2 is 2.12 bits per heavy atom. The van der Waals surface area contributed by atoms with Crippen molar-refractivity contribution in [2.24, 2.45) is 0 Å². The van der Waals surface area contributed by atoms with Gasteiger partial charge in [0.2, 0.25) is 0 Å². The van der Waals surface area contributed by atoms with Gasteiger partial charge in [-0.15, -0.1) is 0 Å². The van der Waals surface area contributed by atoms with E-state index in [-0.39, 0.29) is 0 Å². The zero-order valence-corrected chi connectivity index (χ0v) is 13.0. The highest BCUT2D eigenvalue weighted by Crippen LogP contribution is 2.26. The summed E-state index contributed by atoms with van der Waals surface area (Å²) in [5.74, 6) is 0. The van der Waals surface area contributed by atoms with Crippen LogP contribution in [0, 0.1) is 0 Å². The van der Waals surface area contributed by atoms with Crippen molar-refractivity contribution in [1.82, 2.24) is 10.2 Å². The molecule has 4 heteroatoms. The van der Waals surface area contributed by atoms with Crippen molar-refractivity contribution in [3.8, 4) is 0 Å². The number of benzene rings is 1. The molecule has 1 rings (SSSR count). The predicted molar refractivity (Wildman–Crippen MR) is 78.6 cm³/mol. The molecule has 0 radical (unpaired) electrons. The molecule has 0 aliphatic carbocycles. The molecule has 0 aromatic heterocycles. The lowest BCUT2D eigenvalue weighted by Crippen LogP contribution is -2.32. The Morgan fingerprint density at radius 3 is 2.76 bits per heavy atom. The number of nitrogens with one attached hydrogen (secondary N) is 1. The first-order valence-corrected chi connectivity index (χ1v) is 7.02. The van der Waals surface area contributed by atoms with Crippen LogP contribution >= 0.6 is 27.5 Å². The van der Waals surface area contributed by atoms with Crippen LogP contribution < -0.4 is 5.32 Å². The minimum atomic E-state index is 0.540. The maximum Gasteiger partial charge on any atom is 0.0593 e. The molecule has 0 atom stereocenters. The lowest BCUT2D eigenvalue weighted by atomic mass is 10.2. The molecule has 0 spiro atoms. The molecule has 2 nitrogen and oxygen atoms in total. The molecule has 0 bridgehead atoms. The minimum absolute atomic E-state index is 0.540. The fraction of sp³-hybridized carbons (Fsp3) is 0.538. The van der Waals surface area contributed by atoms with Crippen LogP contribution in [0.2, 0.25) is 5.02 Å². The van der Waals surface area contributed by atoms with Crippen LogP contribution in [-0.4, -0.2) is 31.1 Å². The highest BCUT2D eigenvalue weighted by molar-refractivity contribution is 9.10. The summed E-state index contributed by atoms with van der Waals surface area (Å²) >= 11 is 9.68. The topological polar surface area (TPSA) is 15.3 Å². The van der Waals surface area contributed by atoms with Gasteiger partial charge in [0.25, 0.3) is 0 Å². The normalized spacial score (nSPS) is 11.5. The van der Waals surface area contributed by atoms with Crippen molar-refractivity contribution in [1.29, 1.82) is 0 Å². The Bertz CT molecular complexity index is 355. The second-order valence-corrected chi connectivity index (χ2v) is 5.79. The summed E-state index contributed by atoms with van der Waals surface area (Å²) in [6.45, 7) is 7.20. The average molecular weight is 320 g/mol. The van der Waals surface area contributed by atoms with E-state index in [2.05, 4.69) is 53.1 Å². The molecule has 0 amide bonds. The Kier molecular flexibility index (Phi) is 6.49. The van der Waals surface area contributed by atoms with E-state index in [1.807, 2.05) is 12.1 Å². The van der Waals surface area contributed by atoms with Gasteiger partial charge in [-0.3, -0.25) is 0 Å². The number of likely N-dealkylation sites (N-methyl/N-ethyl adjacent to an activating group) is 1. The molecule has 1 N–H and O–H groups in total. The molecule has 0 saturated heterocycles. The molecule has 96 valence electrons. The number of nitrogens with zero attached hydrogens (tertiary/aromatic N) is 1. The Hall–Kier alpha value is -0.0900. The summed E-state index contributed by atoms with van der Waals surface area (Å²) in [6, 6.07) is 6.59. The minimum Gasteiger partial charge on any atom is -0.313 e.